The fourth-order valence-electron chi connectivity index (χ4n) is 2.25. The van der Waals surface area contributed by atoms with E-state index in [2.05, 4.69) is 24.4 Å². The monoisotopic (exact) mass is 322 g/mol. The van der Waals surface area contributed by atoms with Crippen molar-refractivity contribution in [3.8, 4) is 10.4 Å². The molecule has 0 radical (unpaired) electrons. The van der Waals surface area contributed by atoms with Crippen LogP contribution in [0.25, 0.3) is 10.4 Å². The minimum absolute atomic E-state index is 0.177. The second kappa shape index (κ2) is 7.83. The van der Waals surface area contributed by atoms with Gasteiger partial charge in [-0.1, -0.05) is 12.1 Å². The molecule has 2 rings (SSSR count). The lowest BCUT2D eigenvalue weighted by Crippen LogP contribution is -2.35. The summed E-state index contributed by atoms with van der Waals surface area (Å²) in [6, 6.07) is 10.9. The molecule has 120 valence electrons. The van der Waals surface area contributed by atoms with Crippen molar-refractivity contribution in [3.63, 3.8) is 0 Å². The van der Waals surface area contributed by atoms with Crippen LogP contribution in [-0.2, 0) is 0 Å². The van der Waals surface area contributed by atoms with Crippen molar-refractivity contribution in [1.29, 1.82) is 0 Å². The molecule has 3 nitrogen and oxygen atoms in total. The molecule has 0 aliphatic carbocycles. The molecule has 22 heavy (non-hydrogen) atoms. The molecule has 2 unspecified atom stereocenters. The summed E-state index contributed by atoms with van der Waals surface area (Å²) in [6.07, 6.45) is -0.381. The standard InChI is InChI=1S/C17H23FN2OS/c1-12(19-10-15(21)11-20(2)3)16-8-9-17(22-16)13-4-6-14(18)7-5-13/h4-9,12,15,19,21H,10-11H2,1-3H3. The van der Waals surface area contributed by atoms with E-state index in [1.54, 1.807) is 23.5 Å². The van der Waals surface area contributed by atoms with Crippen molar-refractivity contribution in [2.24, 2.45) is 0 Å². The van der Waals surface area contributed by atoms with Gasteiger partial charge >= 0.3 is 0 Å². The molecule has 5 heteroatoms. The Kier molecular flexibility index (Phi) is 6.08. The van der Waals surface area contributed by atoms with E-state index in [4.69, 9.17) is 0 Å². The van der Waals surface area contributed by atoms with E-state index in [1.165, 1.54) is 17.0 Å². The average Bonchev–Trinajstić information content (AvgIpc) is 2.94. The fraction of sp³-hybridized carbons (Fsp3) is 0.412. The van der Waals surface area contributed by atoms with Crippen LogP contribution in [0.15, 0.2) is 36.4 Å². The second-order valence-electron chi connectivity index (χ2n) is 5.75. The molecule has 1 heterocycles. The van der Waals surface area contributed by atoms with E-state index >= 15 is 0 Å². The molecule has 0 bridgehead atoms. The normalized spacial score (nSPS) is 14.3. The van der Waals surface area contributed by atoms with Gasteiger partial charge in [0.15, 0.2) is 0 Å². The van der Waals surface area contributed by atoms with E-state index in [-0.39, 0.29) is 18.0 Å². The number of aliphatic hydroxyl groups is 1. The number of halogens is 1. The first-order valence-electron chi connectivity index (χ1n) is 7.37. The molecule has 0 aliphatic rings. The first-order valence-corrected chi connectivity index (χ1v) is 8.19. The van der Waals surface area contributed by atoms with E-state index < -0.39 is 0 Å². The highest BCUT2D eigenvalue weighted by molar-refractivity contribution is 7.15. The van der Waals surface area contributed by atoms with Gasteiger partial charge in [0.05, 0.1) is 6.10 Å². The molecule has 0 amide bonds. The highest BCUT2D eigenvalue weighted by Crippen LogP contribution is 2.31. The topological polar surface area (TPSA) is 35.5 Å². The highest BCUT2D eigenvalue weighted by Gasteiger charge is 2.12. The Hall–Kier alpha value is -1.27. The van der Waals surface area contributed by atoms with Crippen molar-refractivity contribution in [1.82, 2.24) is 10.2 Å². The maximum Gasteiger partial charge on any atom is 0.123 e. The summed E-state index contributed by atoms with van der Waals surface area (Å²) in [5.74, 6) is -0.217. The average molecular weight is 322 g/mol. The SMILES string of the molecule is CC(NCC(O)CN(C)C)c1ccc(-c2ccc(F)cc2)s1. The first kappa shape index (κ1) is 17.1. The Morgan fingerprint density at radius 3 is 2.50 bits per heavy atom. The summed E-state index contributed by atoms with van der Waals surface area (Å²) < 4.78 is 13.0. The van der Waals surface area contributed by atoms with Crippen LogP contribution in [0.3, 0.4) is 0 Å². The van der Waals surface area contributed by atoms with Crippen molar-refractivity contribution in [2.75, 3.05) is 27.2 Å². The van der Waals surface area contributed by atoms with Crippen molar-refractivity contribution in [2.45, 2.75) is 19.1 Å². The molecule has 0 aliphatic heterocycles. The molecule has 0 saturated heterocycles. The molecule has 2 N–H and O–H groups in total. The van der Waals surface area contributed by atoms with Gasteiger partial charge in [-0.2, -0.15) is 0 Å². The first-order chi connectivity index (χ1) is 10.5. The summed E-state index contributed by atoms with van der Waals surface area (Å²) in [7, 11) is 3.89. The Labute approximate surface area is 135 Å². The zero-order valence-corrected chi connectivity index (χ0v) is 14.0. The predicted octanol–water partition coefficient (Wildman–Crippen LogP) is 3.13. The smallest absolute Gasteiger partial charge is 0.123 e. The van der Waals surface area contributed by atoms with Crippen LogP contribution < -0.4 is 5.32 Å². The quantitative estimate of drug-likeness (QED) is 0.822. The molecular weight excluding hydrogens is 299 g/mol. The Morgan fingerprint density at radius 1 is 1.18 bits per heavy atom. The number of nitrogens with one attached hydrogen (secondary N) is 1. The lowest BCUT2D eigenvalue weighted by atomic mass is 10.2. The Bertz CT molecular complexity index is 583. The van der Waals surface area contributed by atoms with Crippen LogP contribution in [0.5, 0.6) is 0 Å². The number of hydrogen-bond donors (Lipinski definition) is 2. The summed E-state index contributed by atoms with van der Waals surface area (Å²) in [5, 5.41) is 13.2. The van der Waals surface area contributed by atoms with Gasteiger partial charge in [-0.05, 0) is 50.8 Å². The maximum atomic E-state index is 13.0. The van der Waals surface area contributed by atoms with Crippen molar-refractivity contribution < 1.29 is 9.50 Å². The third-order valence-electron chi connectivity index (χ3n) is 3.42. The second-order valence-corrected chi connectivity index (χ2v) is 6.87. The summed E-state index contributed by atoms with van der Waals surface area (Å²) >= 11 is 1.69. The van der Waals surface area contributed by atoms with Gasteiger partial charge in [-0.15, -0.1) is 11.3 Å². The molecule has 0 spiro atoms. The molecule has 2 aromatic rings. The Morgan fingerprint density at radius 2 is 1.86 bits per heavy atom. The number of nitrogens with zero attached hydrogens (tertiary/aromatic N) is 1. The molecule has 1 aromatic carbocycles. The van der Waals surface area contributed by atoms with Gasteiger partial charge in [0.2, 0.25) is 0 Å². The van der Waals surface area contributed by atoms with Crippen molar-refractivity contribution in [3.05, 3.63) is 47.1 Å². The lowest BCUT2D eigenvalue weighted by Gasteiger charge is -2.19. The third kappa shape index (κ3) is 4.88. The fourth-order valence-corrected chi connectivity index (χ4v) is 3.29. The van der Waals surface area contributed by atoms with Gasteiger partial charge in [-0.3, -0.25) is 0 Å². The van der Waals surface area contributed by atoms with Gasteiger partial charge in [0.1, 0.15) is 5.82 Å². The number of rotatable bonds is 7. The Balaban J connectivity index is 1.94. The minimum atomic E-state index is -0.381. The van der Waals surface area contributed by atoms with Crippen LogP contribution >= 0.6 is 11.3 Å². The molecule has 2 atom stereocenters. The highest BCUT2D eigenvalue weighted by atomic mass is 32.1. The van der Waals surface area contributed by atoms with Crippen molar-refractivity contribution >= 4 is 11.3 Å². The number of thiophene rings is 1. The van der Waals surface area contributed by atoms with E-state index in [9.17, 15) is 9.50 Å². The molecule has 0 saturated carbocycles. The van der Waals surface area contributed by atoms with Crippen LogP contribution in [0.1, 0.15) is 17.8 Å². The van der Waals surface area contributed by atoms with Crippen LogP contribution in [0.2, 0.25) is 0 Å². The van der Waals surface area contributed by atoms with Crippen LogP contribution in [0.4, 0.5) is 4.39 Å². The predicted molar refractivity (Wildman–Crippen MR) is 90.7 cm³/mol. The summed E-state index contributed by atoms with van der Waals surface area (Å²) in [6.45, 7) is 3.29. The number of hydrogen-bond acceptors (Lipinski definition) is 4. The summed E-state index contributed by atoms with van der Waals surface area (Å²) in [4.78, 5) is 4.29. The largest absolute Gasteiger partial charge is 0.390 e. The van der Waals surface area contributed by atoms with Gasteiger partial charge in [0, 0.05) is 28.9 Å². The van der Waals surface area contributed by atoms with E-state index in [0.29, 0.717) is 13.1 Å². The van der Waals surface area contributed by atoms with Crippen LogP contribution in [-0.4, -0.2) is 43.3 Å². The number of benzene rings is 1. The van der Waals surface area contributed by atoms with Gasteiger partial charge in [0.25, 0.3) is 0 Å². The van der Waals surface area contributed by atoms with Crippen LogP contribution in [0, 0.1) is 5.82 Å². The maximum absolute atomic E-state index is 13.0. The molecule has 0 fully saturated rings. The van der Waals surface area contributed by atoms with E-state index in [1.807, 2.05) is 19.0 Å². The van der Waals surface area contributed by atoms with E-state index in [0.717, 1.165) is 10.4 Å². The van der Waals surface area contributed by atoms with Gasteiger partial charge < -0.3 is 15.3 Å². The number of aliphatic hydroxyl groups excluding tert-OH is 1. The summed E-state index contributed by atoms with van der Waals surface area (Å²) in [5.41, 5.74) is 1.03. The molecule has 1 aromatic heterocycles. The van der Waals surface area contributed by atoms with Gasteiger partial charge in [-0.25, -0.2) is 4.39 Å². The number of likely N-dealkylation sites (N-methyl/N-ethyl adjacent to an activating group) is 1. The zero-order valence-electron chi connectivity index (χ0n) is 13.2. The minimum Gasteiger partial charge on any atom is -0.390 e. The zero-order chi connectivity index (χ0) is 16.1. The lowest BCUT2D eigenvalue weighted by molar-refractivity contribution is 0.132. The third-order valence-corrected chi connectivity index (χ3v) is 4.73. The molecular formula is C17H23FN2OS.